The first-order chi connectivity index (χ1) is 16.3. The van der Waals surface area contributed by atoms with Crippen molar-refractivity contribution in [3.8, 4) is 5.75 Å². The molecule has 0 aliphatic carbocycles. The molecule has 9 heteroatoms. The van der Waals surface area contributed by atoms with E-state index in [4.69, 9.17) is 4.74 Å². The zero-order valence-electron chi connectivity index (χ0n) is 19.5. The number of amides is 1. The molecule has 1 N–H and O–H groups in total. The average Bonchev–Trinajstić information content (AvgIpc) is 3.11. The van der Waals surface area contributed by atoms with Crippen LogP contribution in [0.15, 0.2) is 60.0 Å². The van der Waals surface area contributed by atoms with Crippen molar-refractivity contribution in [1.29, 1.82) is 0 Å². The summed E-state index contributed by atoms with van der Waals surface area (Å²) in [4.78, 5) is 14.7. The predicted octanol–water partition coefficient (Wildman–Crippen LogP) is 4.03. The Kier molecular flexibility index (Phi) is 9.20. The van der Waals surface area contributed by atoms with Crippen LogP contribution in [0.2, 0.25) is 0 Å². The Balaban J connectivity index is 1.77. The van der Waals surface area contributed by atoms with Crippen molar-refractivity contribution in [2.75, 3.05) is 38.6 Å². The number of sulfonamides is 1. The van der Waals surface area contributed by atoms with E-state index in [0.717, 1.165) is 25.7 Å². The van der Waals surface area contributed by atoms with E-state index in [2.05, 4.69) is 11.9 Å². The van der Waals surface area contributed by atoms with Gasteiger partial charge >= 0.3 is 0 Å². The van der Waals surface area contributed by atoms with Crippen LogP contribution in [0.4, 0.5) is 10.1 Å². The molecular weight excluding hydrogens is 457 g/mol. The number of rotatable bonds is 10. The number of nitrogens with one attached hydrogen (secondary N) is 1. The van der Waals surface area contributed by atoms with Crippen LogP contribution >= 0.6 is 0 Å². The number of carbonyl (C=O) groups is 1. The number of hydrogen-bond acceptors (Lipinski definition) is 5. The monoisotopic (exact) mass is 489 g/mol. The first kappa shape index (κ1) is 25.9. The van der Waals surface area contributed by atoms with Gasteiger partial charge in [-0.2, -0.15) is 4.31 Å². The highest BCUT2D eigenvalue weighted by atomic mass is 32.2. The Morgan fingerprint density at radius 2 is 1.88 bits per heavy atom. The van der Waals surface area contributed by atoms with Crippen molar-refractivity contribution in [3.63, 3.8) is 0 Å². The molecule has 1 saturated heterocycles. The van der Waals surface area contributed by atoms with Crippen LogP contribution in [-0.4, -0.2) is 56.8 Å². The van der Waals surface area contributed by atoms with Gasteiger partial charge in [-0.1, -0.05) is 37.1 Å². The molecular formula is C25H32FN3O4S. The molecule has 0 spiro atoms. The fourth-order valence-electron chi connectivity index (χ4n) is 4.00. The van der Waals surface area contributed by atoms with Crippen molar-refractivity contribution in [2.45, 2.75) is 37.1 Å². The molecule has 34 heavy (non-hydrogen) atoms. The van der Waals surface area contributed by atoms with Gasteiger partial charge in [0.1, 0.15) is 11.6 Å². The molecule has 2 aromatic carbocycles. The van der Waals surface area contributed by atoms with Crippen molar-refractivity contribution in [1.82, 2.24) is 9.21 Å². The lowest BCUT2D eigenvalue weighted by molar-refractivity contribution is -0.117. The summed E-state index contributed by atoms with van der Waals surface area (Å²) in [5, 5.41) is 2.76. The highest BCUT2D eigenvalue weighted by Gasteiger charge is 2.26. The number of carbonyl (C=O) groups excluding carboxylic acids is 1. The largest absolute Gasteiger partial charge is 0.495 e. The normalized spacial score (nSPS) is 15.0. The Hall–Kier alpha value is -2.75. The van der Waals surface area contributed by atoms with E-state index in [0.29, 0.717) is 30.9 Å². The van der Waals surface area contributed by atoms with Crippen LogP contribution in [0.1, 0.15) is 31.2 Å². The molecule has 1 heterocycles. The summed E-state index contributed by atoms with van der Waals surface area (Å²) in [6.07, 6.45) is 5.34. The Morgan fingerprint density at radius 3 is 2.53 bits per heavy atom. The van der Waals surface area contributed by atoms with Crippen LogP contribution in [0.5, 0.6) is 5.75 Å². The molecule has 0 bridgehead atoms. The topological polar surface area (TPSA) is 79.0 Å². The lowest BCUT2D eigenvalue weighted by atomic mass is 10.2. The number of nitrogens with zero attached hydrogens (tertiary/aromatic N) is 2. The zero-order chi connectivity index (χ0) is 24.6. The number of benzene rings is 2. The third kappa shape index (κ3) is 6.65. The molecule has 1 aliphatic rings. The smallest absolute Gasteiger partial charge is 0.243 e. The Labute approximate surface area is 201 Å². The van der Waals surface area contributed by atoms with E-state index < -0.39 is 10.0 Å². The van der Waals surface area contributed by atoms with Crippen molar-refractivity contribution in [3.05, 3.63) is 66.5 Å². The van der Waals surface area contributed by atoms with Gasteiger partial charge in [-0.05, 0) is 37.1 Å². The van der Waals surface area contributed by atoms with E-state index in [1.165, 1.54) is 29.6 Å². The fourth-order valence-corrected chi connectivity index (χ4v) is 5.55. The van der Waals surface area contributed by atoms with Crippen molar-refractivity contribution < 1.29 is 22.3 Å². The summed E-state index contributed by atoms with van der Waals surface area (Å²) in [5.74, 6) is -0.363. The van der Waals surface area contributed by atoms with E-state index >= 15 is 0 Å². The molecule has 0 atom stereocenters. The van der Waals surface area contributed by atoms with Gasteiger partial charge in [-0.15, -0.1) is 6.58 Å². The van der Waals surface area contributed by atoms with Gasteiger partial charge in [-0.25, -0.2) is 12.8 Å². The number of ether oxygens (including phenoxy) is 1. The predicted molar refractivity (Wildman–Crippen MR) is 131 cm³/mol. The molecule has 184 valence electrons. The quantitative estimate of drug-likeness (QED) is 0.510. The molecule has 0 radical (unpaired) electrons. The maximum absolute atomic E-state index is 14.1. The van der Waals surface area contributed by atoms with Crippen LogP contribution < -0.4 is 10.1 Å². The van der Waals surface area contributed by atoms with Gasteiger partial charge in [0.15, 0.2) is 0 Å². The highest BCUT2D eigenvalue weighted by Crippen LogP contribution is 2.30. The standard InChI is InChI=1S/C25H32FN3O4S/c1-3-14-28(18-20-10-6-7-11-22(20)26)19-25(30)27-23-17-21(12-13-24(23)33-2)34(31,32)29-15-8-4-5-9-16-29/h3,6-7,10-13,17H,1,4-5,8-9,14-16,18-19H2,2H3,(H,27,30). The van der Waals surface area contributed by atoms with Crippen LogP contribution in [0.3, 0.4) is 0 Å². The van der Waals surface area contributed by atoms with E-state index in [9.17, 15) is 17.6 Å². The molecule has 0 aromatic heterocycles. The first-order valence-corrected chi connectivity index (χ1v) is 12.8. The SMILES string of the molecule is C=CCN(CC(=O)Nc1cc(S(=O)(=O)N2CCCCCC2)ccc1OC)Cc1ccccc1F. The number of halogens is 1. The van der Waals surface area contributed by atoms with Gasteiger partial charge in [0.25, 0.3) is 0 Å². The van der Waals surface area contributed by atoms with Crippen LogP contribution in [-0.2, 0) is 21.4 Å². The Morgan fingerprint density at radius 1 is 1.18 bits per heavy atom. The Bertz CT molecular complexity index is 1100. The molecule has 1 aliphatic heterocycles. The third-order valence-corrected chi connectivity index (χ3v) is 7.65. The van der Waals surface area contributed by atoms with Gasteiger partial charge in [0.05, 0.1) is 24.2 Å². The maximum Gasteiger partial charge on any atom is 0.243 e. The number of anilines is 1. The van der Waals surface area contributed by atoms with Crippen molar-refractivity contribution in [2.24, 2.45) is 0 Å². The molecule has 3 rings (SSSR count). The molecule has 0 unspecified atom stereocenters. The van der Waals surface area contributed by atoms with Gasteiger partial charge in [-0.3, -0.25) is 9.69 Å². The lowest BCUT2D eigenvalue weighted by Crippen LogP contribution is -2.33. The van der Waals surface area contributed by atoms with E-state index in [1.54, 1.807) is 35.2 Å². The summed E-state index contributed by atoms with van der Waals surface area (Å²) < 4.78 is 47.3. The molecule has 1 fully saturated rings. The molecule has 1 amide bonds. The van der Waals surface area contributed by atoms with Gasteiger partial charge in [0, 0.05) is 31.7 Å². The summed E-state index contributed by atoms with van der Waals surface area (Å²) >= 11 is 0. The second kappa shape index (κ2) is 12.1. The second-order valence-corrected chi connectivity index (χ2v) is 10.2. The van der Waals surface area contributed by atoms with Gasteiger partial charge < -0.3 is 10.1 Å². The third-order valence-electron chi connectivity index (χ3n) is 5.75. The fraction of sp³-hybridized carbons (Fsp3) is 0.400. The highest BCUT2D eigenvalue weighted by molar-refractivity contribution is 7.89. The molecule has 7 nitrogen and oxygen atoms in total. The summed E-state index contributed by atoms with van der Waals surface area (Å²) in [7, 11) is -2.23. The minimum atomic E-state index is -3.68. The molecule has 0 saturated carbocycles. The molecule has 2 aromatic rings. The number of hydrogen-bond donors (Lipinski definition) is 1. The van der Waals surface area contributed by atoms with Crippen LogP contribution in [0.25, 0.3) is 0 Å². The maximum atomic E-state index is 14.1. The lowest BCUT2D eigenvalue weighted by Gasteiger charge is -2.22. The number of methoxy groups -OCH3 is 1. The van der Waals surface area contributed by atoms with Crippen LogP contribution in [0, 0.1) is 5.82 Å². The van der Waals surface area contributed by atoms with Gasteiger partial charge in [0.2, 0.25) is 15.9 Å². The second-order valence-electron chi connectivity index (χ2n) is 8.28. The average molecular weight is 490 g/mol. The minimum absolute atomic E-state index is 0.0351. The zero-order valence-corrected chi connectivity index (χ0v) is 20.3. The van der Waals surface area contributed by atoms with E-state index in [1.807, 2.05) is 0 Å². The summed E-state index contributed by atoms with van der Waals surface area (Å²) in [5.41, 5.74) is 0.744. The minimum Gasteiger partial charge on any atom is -0.495 e. The summed E-state index contributed by atoms with van der Waals surface area (Å²) in [6.45, 7) is 5.26. The first-order valence-electron chi connectivity index (χ1n) is 11.4. The van der Waals surface area contributed by atoms with E-state index in [-0.39, 0.29) is 35.4 Å². The van der Waals surface area contributed by atoms with Crippen molar-refractivity contribution >= 4 is 21.6 Å². The summed E-state index contributed by atoms with van der Waals surface area (Å²) in [6, 6.07) is 10.9.